The highest BCUT2D eigenvalue weighted by Gasteiger charge is 2.08. The van der Waals surface area contributed by atoms with E-state index in [-0.39, 0.29) is 0 Å². The standard InChI is InChI=1S/C15H15N3O2S/c1-21(19,20)14-6-4-5-13(9-14)16-10-12-11-17-18-8-3-2-7-15(12)18/h2-9,11,16H,10H2,1H3. The van der Waals surface area contributed by atoms with Gasteiger partial charge in [0.2, 0.25) is 0 Å². The van der Waals surface area contributed by atoms with Gasteiger partial charge in [-0.1, -0.05) is 12.1 Å². The number of pyridine rings is 1. The maximum absolute atomic E-state index is 11.6. The molecule has 0 atom stereocenters. The Labute approximate surface area is 123 Å². The molecule has 3 aromatic rings. The van der Waals surface area contributed by atoms with Crippen molar-refractivity contribution < 1.29 is 8.42 Å². The number of rotatable bonds is 4. The fourth-order valence-corrected chi connectivity index (χ4v) is 2.82. The molecule has 3 rings (SSSR count). The summed E-state index contributed by atoms with van der Waals surface area (Å²) in [5.74, 6) is 0. The lowest BCUT2D eigenvalue weighted by molar-refractivity contribution is 0.602. The number of nitrogens with one attached hydrogen (secondary N) is 1. The van der Waals surface area contributed by atoms with E-state index in [9.17, 15) is 8.42 Å². The van der Waals surface area contributed by atoms with E-state index in [1.165, 1.54) is 6.26 Å². The van der Waals surface area contributed by atoms with E-state index in [4.69, 9.17) is 0 Å². The largest absolute Gasteiger partial charge is 0.381 e. The second-order valence-electron chi connectivity index (χ2n) is 4.85. The van der Waals surface area contributed by atoms with Crippen molar-refractivity contribution in [3.63, 3.8) is 0 Å². The van der Waals surface area contributed by atoms with Crippen LogP contribution in [0.25, 0.3) is 5.52 Å². The predicted octanol–water partition coefficient (Wildman–Crippen LogP) is 2.35. The number of hydrogen-bond donors (Lipinski definition) is 1. The molecule has 108 valence electrons. The summed E-state index contributed by atoms with van der Waals surface area (Å²) >= 11 is 0. The third-order valence-electron chi connectivity index (χ3n) is 3.25. The molecule has 0 unspecified atom stereocenters. The van der Waals surface area contributed by atoms with E-state index in [0.717, 1.165) is 16.8 Å². The Morgan fingerprint density at radius 1 is 1.19 bits per heavy atom. The molecule has 0 amide bonds. The molecule has 0 radical (unpaired) electrons. The number of nitrogens with zero attached hydrogens (tertiary/aromatic N) is 2. The van der Waals surface area contributed by atoms with Crippen molar-refractivity contribution in [1.82, 2.24) is 9.61 Å². The molecule has 0 aliphatic heterocycles. The van der Waals surface area contributed by atoms with Crippen LogP contribution in [0.15, 0.2) is 59.8 Å². The number of anilines is 1. The second kappa shape index (κ2) is 5.21. The first kappa shape index (κ1) is 13.6. The van der Waals surface area contributed by atoms with E-state index in [2.05, 4.69) is 10.4 Å². The first-order chi connectivity index (χ1) is 10.0. The zero-order chi connectivity index (χ0) is 14.9. The smallest absolute Gasteiger partial charge is 0.175 e. The van der Waals surface area contributed by atoms with Gasteiger partial charge < -0.3 is 5.32 Å². The summed E-state index contributed by atoms with van der Waals surface area (Å²) in [4.78, 5) is 0.312. The number of benzene rings is 1. The highest BCUT2D eigenvalue weighted by atomic mass is 32.2. The summed E-state index contributed by atoms with van der Waals surface area (Å²) in [5, 5.41) is 7.50. The van der Waals surface area contributed by atoms with Crippen molar-refractivity contribution in [3.05, 3.63) is 60.4 Å². The average Bonchev–Trinajstić information content (AvgIpc) is 2.88. The summed E-state index contributed by atoms with van der Waals surface area (Å²) in [6.45, 7) is 0.584. The van der Waals surface area contributed by atoms with Crippen LogP contribution in [-0.4, -0.2) is 24.3 Å². The fraction of sp³-hybridized carbons (Fsp3) is 0.133. The van der Waals surface area contributed by atoms with E-state index < -0.39 is 9.84 Å². The summed E-state index contributed by atoms with van der Waals surface area (Å²) in [6.07, 6.45) is 4.91. The lowest BCUT2D eigenvalue weighted by Crippen LogP contribution is -2.02. The molecular weight excluding hydrogens is 286 g/mol. The van der Waals surface area contributed by atoms with Gasteiger partial charge in [-0.3, -0.25) is 0 Å². The van der Waals surface area contributed by atoms with E-state index in [0.29, 0.717) is 11.4 Å². The van der Waals surface area contributed by atoms with Crippen LogP contribution in [0.4, 0.5) is 5.69 Å². The molecule has 0 aliphatic carbocycles. The first-order valence-electron chi connectivity index (χ1n) is 6.49. The van der Waals surface area contributed by atoms with Gasteiger partial charge in [-0.2, -0.15) is 5.10 Å². The predicted molar refractivity (Wildman–Crippen MR) is 82.1 cm³/mol. The number of sulfone groups is 1. The van der Waals surface area contributed by atoms with Gasteiger partial charge in [-0.25, -0.2) is 12.9 Å². The Hall–Kier alpha value is -2.34. The molecule has 2 heterocycles. The summed E-state index contributed by atoms with van der Waals surface area (Å²) < 4.78 is 24.9. The van der Waals surface area contributed by atoms with Crippen LogP contribution in [0.3, 0.4) is 0 Å². The van der Waals surface area contributed by atoms with Crippen LogP contribution in [0.2, 0.25) is 0 Å². The fourth-order valence-electron chi connectivity index (χ4n) is 2.16. The molecule has 0 saturated carbocycles. The third-order valence-corrected chi connectivity index (χ3v) is 4.36. The molecule has 1 aromatic carbocycles. The van der Waals surface area contributed by atoms with Crippen LogP contribution in [0.1, 0.15) is 5.56 Å². The minimum Gasteiger partial charge on any atom is -0.381 e. The normalized spacial score (nSPS) is 11.7. The Morgan fingerprint density at radius 2 is 2.05 bits per heavy atom. The Balaban J connectivity index is 1.82. The van der Waals surface area contributed by atoms with Crippen LogP contribution in [0, 0.1) is 0 Å². The SMILES string of the molecule is CS(=O)(=O)c1cccc(NCc2cnn3ccccc23)c1. The van der Waals surface area contributed by atoms with Crippen molar-refractivity contribution in [2.45, 2.75) is 11.4 Å². The van der Waals surface area contributed by atoms with Crippen LogP contribution < -0.4 is 5.32 Å². The molecule has 0 bridgehead atoms. The molecule has 0 saturated heterocycles. The molecule has 0 fully saturated rings. The van der Waals surface area contributed by atoms with Crippen molar-refractivity contribution in [2.24, 2.45) is 0 Å². The van der Waals surface area contributed by atoms with Gasteiger partial charge in [0.05, 0.1) is 16.6 Å². The number of hydrogen-bond acceptors (Lipinski definition) is 4. The number of aromatic nitrogens is 2. The zero-order valence-electron chi connectivity index (χ0n) is 11.5. The van der Waals surface area contributed by atoms with Gasteiger partial charge in [0.25, 0.3) is 0 Å². The molecule has 21 heavy (non-hydrogen) atoms. The van der Waals surface area contributed by atoms with E-state index in [1.54, 1.807) is 18.2 Å². The quantitative estimate of drug-likeness (QED) is 0.803. The third kappa shape index (κ3) is 2.90. The molecule has 2 aromatic heterocycles. The van der Waals surface area contributed by atoms with Crippen molar-refractivity contribution in [2.75, 3.05) is 11.6 Å². The Kier molecular flexibility index (Phi) is 3.39. The van der Waals surface area contributed by atoms with E-state index in [1.807, 2.05) is 41.2 Å². The van der Waals surface area contributed by atoms with Gasteiger partial charge in [0, 0.05) is 30.2 Å². The maximum atomic E-state index is 11.6. The first-order valence-corrected chi connectivity index (χ1v) is 8.38. The van der Waals surface area contributed by atoms with Crippen LogP contribution in [0.5, 0.6) is 0 Å². The summed E-state index contributed by atoms with van der Waals surface area (Å²) in [7, 11) is -3.19. The molecule has 0 spiro atoms. The van der Waals surface area contributed by atoms with E-state index >= 15 is 0 Å². The van der Waals surface area contributed by atoms with Gasteiger partial charge in [-0.05, 0) is 30.3 Å². The molecular formula is C15H15N3O2S. The van der Waals surface area contributed by atoms with Gasteiger partial charge in [0.1, 0.15) is 0 Å². The average molecular weight is 301 g/mol. The van der Waals surface area contributed by atoms with Crippen molar-refractivity contribution in [1.29, 1.82) is 0 Å². The minimum absolute atomic E-state index is 0.312. The zero-order valence-corrected chi connectivity index (χ0v) is 12.3. The second-order valence-corrected chi connectivity index (χ2v) is 6.87. The molecule has 5 nitrogen and oxygen atoms in total. The molecule has 6 heteroatoms. The van der Waals surface area contributed by atoms with Crippen LogP contribution in [-0.2, 0) is 16.4 Å². The number of fused-ring (bicyclic) bond motifs is 1. The minimum atomic E-state index is -3.19. The Bertz CT molecular complexity index is 885. The van der Waals surface area contributed by atoms with Crippen molar-refractivity contribution >= 4 is 21.0 Å². The summed E-state index contributed by atoms with van der Waals surface area (Å²) in [5.41, 5.74) is 2.86. The van der Waals surface area contributed by atoms with Gasteiger partial charge >= 0.3 is 0 Å². The van der Waals surface area contributed by atoms with Gasteiger partial charge in [-0.15, -0.1) is 0 Å². The maximum Gasteiger partial charge on any atom is 0.175 e. The lowest BCUT2D eigenvalue weighted by Gasteiger charge is -2.07. The highest BCUT2D eigenvalue weighted by Crippen LogP contribution is 2.17. The highest BCUT2D eigenvalue weighted by molar-refractivity contribution is 7.90. The lowest BCUT2D eigenvalue weighted by atomic mass is 10.2. The topological polar surface area (TPSA) is 63.5 Å². The van der Waals surface area contributed by atoms with Crippen LogP contribution >= 0.6 is 0 Å². The van der Waals surface area contributed by atoms with Crippen molar-refractivity contribution in [3.8, 4) is 0 Å². The monoisotopic (exact) mass is 301 g/mol. The summed E-state index contributed by atoms with van der Waals surface area (Å²) in [6, 6.07) is 12.7. The van der Waals surface area contributed by atoms with Gasteiger partial charge in [0.15, 0.2) is 9.84 Å². The molecule has 0 aliphatic rings. The Morgan fingerprint density at radius 3 is 2.86 bits per heavy atom. The molecule has 1 N–H and O–H groups in total.